The number of epoxide rings is 1. The Morgan fingerprint density at radius 2 is 2.06 bits per heavy atom. The van der Waals surface area contributed by atoms with Gasteiger partial charge in [0.25, 0.3) is 0 Å². The second kappa shape index (κ2) is 4.29. The molecule has 0 aliphatic carbocycles. The first-order valence-corrected chi connectivity index (χ1v) is 6.09. The Kier molecular flexibility index (Phi) is 2.78. The molecule has 17 heavy (non-hydrogen) atoms. The van der Waals surface area contributed by atoms with Crippen molar-refractivity contribution in [3.63, 3.8) is 0 Å². The number of ether oxygens (including phenoxy) is 2. The lowest BCUT2D eigenvalue weighted by Gasteiger charge is -2.29. The third-order valence-electron chi connectivity index (χ3n) is 3.49. The molecule has 4 nitrogen and oxygen atoms in total. The smallest absolute Gasteiger partial charge is 0.129 e. The van der Waals surface area contributed by atoms with Crippen LogP contribution >= 0.6 is 0 Å². The summed E-state index contributed by atoms with van der Waals surface area (Å²) in [6, 6.07) is 8.03. The first kappa shape index (κ1) is 11.0. The number of hydrogen-bond donors (Lipinski definition) is 1. The van der Waals surface area contributed by atoms with E-state index in [0.717, 1.165) is 45.1 Å². The van der Waals surface area contributed by atoms with Gasteiger partial charge in [0, 0.05) is 25.3 Å². The van der Waals surface area contributed by atoms with Gasteiger partial charge in [-0.3, -0.25) is 4.90 Å². The van der Waals surface area contributed by atoms with E-state index in [-0.39, 0.29) is 5.60 Å². The number of nitrogens with zero attached hydrogens (tertiary/aromatic N) is 1. The van der Waals surface area contributed by atoms with Crippen molar-refractivity contribution in [1.82, 2.24) is 4.90 Å². The van der Waals surface area contributed by atoms with Crippen LogP contribution in [0.1, 0.15) is 5.56 Å². The summed E-state index contributed by atoms with van der Waals surface area (Å²) in [5.41, 5.74) is 7.71. The fraction of sp³-hybridized carbons (Fsp3) is 0.538. The lowest BCUT2D eigenvalue weighted by Crippen LogP contribution is -2.41. The lowest BCUT2D eigenvalue weighted by atomic mass is 9.98. The third-order valence-corrected chi connectivity index (χ3v) is 3.49. The Balaban J connectivity index is 1.73. The summed E-state index contributed by atoms with van der Waals surface area (Å²) in [4.78, 5) is 2.40. The summed E-state index contributed by atoms with van der Waals surface area (Å²) in [6.07, 6.45) is 0. The van der Waals surface area contributed by atoms with Gasteiger partial charge in [-0.2, -0.15) is 0 Å². The molecule has 3 rings (SSSR count). The molecule has 2 fully saturated rings. The first-order valence-electron chi connectivity index (χ1n) is 6.09. The standard InChI is InChI=1S/C13H18N2O2/c14-12-3-1-2-11(8-12)13(10-17-13)9-15-4-6-16-7-5-15/h1-3,8H,4-7,9-10,14H2. The predicted molar refractivity (Wildman–Crippen MR) is 65.7 cm³/mol. The average Bonchev–Trinajstić information content (AvgIpc) is 3.11. The van der Waals surface area contributed by atoms with Crippen LogP contribution in [-0.4, -0.2) is 44.4 Å². The van der Waals surface area contributed by atoms with Crippen LogP contribution in [0.15, 0.2) is 24.3 Å². The minimum Gasteiger partial charge on any atom is -0.399 e. The van der Waals surface area contributed by atoms with Crippen LogP contribution in [0.5, 0.6) is 0 Å². The van der Waals surface area contributed by atoms with Gasteiger partial charge in [-0.05, 0) is 17.7 Å². The topological polar surface area (TPSA) is 51.0 Å². The Bertz CT molecular complexity index is 398. The second-order valence-corrected chi connectivity index (χ2v) is 4.80. The van der Waals surface area contributed by atoms with Crippen LogP contribution in [0, 0.1) is 0 Å². The molecule has 1 aromatic carbocycles. The number of anilines is 1. The van der Waals surface area contributed by atoms with Gasteiger partial charge in [-0.15, -0.1) is 0 Å². The molecule has 2 heterocycles. The van der Waals surface area contributed by atoms with E-state index in [9.17, 15) is 0 Å². The quantitative estimate of drug-likeness (QED) is 0.621. The largest absolute Gasteiger partial charge is 0.399 e. The van der Waals surface area contributed by atoms with Crippen molar-refractivity contribution in [2.75, 3.05) is 45.2 Å². The molecule has 2 N–H and O–H groups in total. The Morgan fingerprint density at radius 1 is 1.29 bits per heavy atom. The van der Waals surface area contributed by atoms with Crippen molar-refractivity contribution in [2.24, 2.45) is 0 Å². The summed E-state index contributed by atoms with van der Waals surface area (Å²) in [7, 11) is 0. The van der Waals surface area contributed by atoms with Gasteiger partial charge in [0.1, 0.15) is 5.60 Å². The minimum atomic E-state index is -0.118. The van der Waals surface area contributed by atoms with Crippen molar-refractivity contribution in [1.29, 1.82) is 0 Å². The Hall–Kier alpha value is -1.10. The summed E-state index contributed by atoms with van der Waals surface area (Å²) in [5.74, 6) is 0. The van der Waals surface area contributed by atoms with Gasteiger partial charge in [0.15, 0.2) is 0 Å². The molecule has 2 saturated heterocycles. The molecule has 1 aromatic rings. The van der Waals surface area contributed by atoms with E-state index in [1.54, 1.807) is 0 Å². The minimum absolute atomic E-state index is 0.118. The molecule has 2 aliphatic rings. The monoisotopic (exact) mass is 234 g/mol. The highest BCUT2D eigenvalue weighted by molar-refractivity contribution is 5.44. The molecule has 2 aliphatic heterocycles. The average molecular weight is 234 g/mol. The SMILES string of the molecule is Nc1cccc(C2(CN3CCOCC3)CO2)c1. The van der Waals surface area contributed by atoms with Crippen molar-refractivity contribution in [2.45, 2.75) is 5.60 Å². The van der Waals surface area contributed by atoms with E-state index in [0.29, 0.717) is 0 Å². The molecule has 0 aromatic heterocycles. The predicted octanol–water partition coefficient (Wildman–Crippen LogP) is 0.826. The normalized spacial score (nSPS) is 29.2. The van der Waals surface area contributed by atoms with Gasteiger partial charge in [-0.1, -0.05) is 12.1 Å². The van der Waals surface area contributed by atoms with Gasteiger partial charge in [0.2, 0.25) is 0 Å². The molecule has 0 amide bonds. The van der Waals surface area contributed by atoms with E-state index in [4.69, 9.17) is 15.2 Å². The molecule has 1 unspecified atom stereocenters. The van der Waals surface area contributed by atoms with Crippen molar-refractivity contribution >= 4 is 5.69 Å². The van der Waals surface area contributed by atoms with Gasteiger partial charge in [0.05, 0.1) is 19.8 Å². The number of benzene rings is 1. The molecule has 4 heteroatoms. The van der Waals surface area contributed by atoms with E-state index < -0.39 is 0 Å². The first-order chi connectivity index (χ1) is 8.28. The van der Waals surface area contributed by atoms with Crippen molar-refractivity contribution in [3.05, 3.63) is 29.8 Å². The highest BCUT2D eigenvalue weighted by atomic mass is 16.6. The molecule has 92 valence electrons. The zero-order valence-electron chi connectivity index (χ0n) is 9.89. The Labute approximate surface area is 101 Å². The highest BCUT2D eigenvalue weighted by Crippen LogP contribution is 2.40. The zero-order chi connectivity index (χ0) is 11.7. The summed E-state index contributed by atoms with van der Waals surface area (Å²) < 4.78 is 11.1. The maximum Gasteiger partial charge on any atom is 0.129 e. The molecule has 0 radical (unpaired) electrons. The number of rotatable bonds is 3. The fourth-order valence-electron chi connectivity index (χ4n) is 2.38. The molecular formula is C13H18N2O2. The zero-order valence-corrected chi connectivity index (χ0v) is 9.89. The number of morpholine rings is 1. The van der Waals surface area contributed by atoms with Gasteiger partial charge >= 0.3 is 0 Å². The number of nitrogens with two attached hydrogens (primary N) is 1. The molecule has 0 saturated carbocycles. The highest BCUT2D eigenvalue weighted by Gasteiger charge is 2.47. The molecule has 1 atom stereocenters. The molecular weight excluding hydrogens is 216 g/mol. The fourth-order valence-corrected chi connectivity index (χ4v) is 2.38. The Morgan fingerprint density at radius 3 is 2.71 bits per heavy atom. The summed E-state index contributed by atoms with van der Waals surface area (Å²) >= 11 is 0. The van der Waals surface area contributed by atoms with Crippen LogP contribution < -0.4 is 5.73 Å². The molecule has 0 spiro atoms. The lowest BCUT2D eigenvalue weighted by molar-refractivity contribution is 0.0261. The van der Waals surface area contributed by atoms with Crippen LogP contribution in [0.4, 0.5) is 5.69 Å². The van der Waals surface area contributed by atoms with E-state index in [2.05, 4.69) is 11.0 Å². The summed E-state index contributed by atoms with van der Waals surface area (Å²) in [5, 5.41) is 0. The van der Waals surface area contributed by atoms with Crippen LogP contribution in [-0.2, 0) is 15.1 Å². The second-order valence-electron chi connectivity index (χ2n) is 4.80. The summed E-state index contributed by atoms with van der Waals surface area (Å²) in [6.45, 7) is 5.38. The maximum absolute atomic E-state index is 5.83. The van der Waals surface area contributed by atoms with Crippen molar-refractivity contribution in [3.8, 4) is 0 Å². The maximum atomic E-state index is 5.83. The van der Waals surface area contributed by atoms with Crippen molar-refractivity contribution < 1.29 is 9.47 Å². The van der Waals surface area contributed by atoms with Crippen LogP contribution in [0.2, 0.25) is 0 Å². The van der Waals surface area contributed by atoms with E-state index >= 15 is 0 Å². The van der Waals surface area contributed by atoms with E-state index in [1.807, 2.05) is 18.2 Å². The van der Waals surface area contributed by atoms with Crippen LogP contribution in [0.25, 0.3) is 0 Å². The van der Waals surface area contributed by atoms with Gasteiger partial charge in [-0.25, -0.2) is 0 Å². The van der Waals surface area contributed by atoms with Crippen LogP contribution in [0.3, 0.4) is 0 Å². The third kappa shape index (κ3) is 2.29. The van der Waals surface area contributed by atoms with Gasteiger partial charge < -0.3 is 15.2 Å². The number of hydrogen-bond acceptors (Lipinski definition) is 4. The number of nitrogen functional groups attached to an aromatic ring is 1. The van der Waals surface area contributed by atoms with E-state index in [1.165, 1.54) is 5.56 Å². The molecule has 0 bridgehead atoms.